The maximum absolute atomic E-state index is 11.5. The molecule has 1 heterocycles. The molecular formula is C11H13N5O. The zero-order valence-electron chi connectivity index (χ0n) is 9.64. The first-order valence-electron chi connectivity index (χ1n) is 5.08. The summed E-state index contributed by atoms with van der Waals surface area (Å²) >= 11 is 0. The lowest BCUT2D eigenvalue weighted by atomic mass is 10.2. The SMILES string of the molecule is CC(C)NC(=O)/C(C#N)=C\Nc1ncccn1. The molecule has 17 heavy (non-hydrogen) atoms. The predicted molar refractivity (Wildman–Crippen MR) is 62.6 cm³/mol. The second-order valence-electron chi connectivity index (χ2n) is 3.51. The first-order valence-corrected chi connectivity index (χ1v) is 5.08. The zero-order chi connectivity index (χ0) is 12.7. The van der Waals surface area contributed by atoms with Crippen LogP contribution in [0.15, 0.2) is 30.2 Å². The van der Waals surface area contributed by atoms with Crippen LogP contribution in [0.25, 0.3) is 0 Å². The largest absolute Gasteiger partial charge is 0.349 e. The summed E-state index contributed by atoms with van der Waals surface area (Å²) in [4.78, 5) is 19.3. The Hall–Kier alpha value is -2.42. The van der Waals surface area contributed by atoms with E-state index in [2.05, 4.69) is 20.6 Å². The minimum Gasteiger partial charge on any atom is -0.349 e. The summed E-state index contributed by atoms with van der Waals surface area (Å²) in [6.07, 6.45) is 4.40. The summed E-state index contributed by atoms with van der Waals surface area (Å²) in [5, 5.41) is 14.1. The van der Waals surface area contributed by atoms with Gasteiger partial charge in [0, 0.05) is 24.6 Å². The van der Waals surface area contributed by atoms with E-state index in [0.29, 0.717) is 5.95 Å². The molecule has 1 aromatic heterocycles. The summed E-state index contributed by atoms with van der Waals surface area (Å²) < 4.78 is 0. The van der Waals surface area contributed by atoms with E-state index in [1.165, 1.54) is 6.20 Å². The van der Waals surface area contributed by atoms with E-state index in [1.54, 1.807) is 18.5 Å². The summed E-state index contributed by atoms with van der Waals surface area (Å²) in [7, 11) is 0. The highest BCUT2D eigenvalue weighted by Gasteiger charge is 2.09. The third-order valence-corrected chi connectivity index (χ3v) is 1.70. The first-order chi connectivity index (χ1) is 8.13. The topological polar surface area (TPSA) is 90.7 Å². The average Bonchev–Trinajstić information content (AvgIpc) is 2.30. The van der Waals surface area contributed by atoms with Gasteiger partial charge in [0.25, 0.3) is 5.91 Å². The molecule has 0 bridgehead atoms. The van der Waals surface area contributed by atoms with Gasteiger partial charge in [0.05, 0.1) is 0 Å². The predicted octanol–water partition coefficient (Wildman–Crippen LogP) is 0.821. The van der Waals surface area contributed by atoms with Gasteiger partial charge < -0.3 is 10.6 Å². The van der Waals surface area contributed by atoms with E-state index in [9.17, 15) is 4.79 Å². The van der Waals surface area contributed by atoms with Crippen LogP contribution in [0.1, 0.15) is 13.8 Å². The number of carbonyl (C=O) groups is 1. The van der Waals surface area contributed by atoms with Gasteiger partial charge in [-0.3, -0.25) is 4.79 Å². The lowest BCUT2D eigenvalue weighted by molar-refractivity contribution is -0.117. The Morgan fingerprint density at radius 2 is 2.12 bits per heavy atom. The molecular weight excluding hydrogens is 218 g/mol. The van der Waals surface area contributed by atoms with Crippen LogP contribution in [-0.4, -0.2) is 21.9 Å². The number of aromatic nitrogens is 2. The second kappa shape index (κ2) is 6.23. The summed E-state index contributed by atoms with van der Waals surface area (Å²) in [6, 6.07) is 3.46. The molecule has 1 rings (SSSR count). The molecule has 0 atom stereocenters. The molecule has 0 aliphatic rings. The number of nitriles is 1. The van der Waals surface area contributed by atoms with Crippen molar-refractivity contribution in [3.8, 4) is 6.07 Å². The van der Waals surface area contributed by atoms with Crippen LogP contribution in [0, 0.1) is 11.3 Å². The van der Waals surface area contributed by atoms with Gasteiger partial charge >= 0.3 is 0 Å². The Morgan fingerprint density at radius 1 is 1.47 bits per heavy atom. The van der Waals surface area contributed by atoms with E-state index < -0.39 is 5.91 Å². The van der Waals surface area contributed by atoms with Crippen LogP contribution in [-0.2, 0) is 4.79 Å². The molecule has 0 spiro atoms. The van der Waals surface area contributed by atoms with Gasteiger partial charge in [-0.25, -0.2) is 9.97 Å². The fourth-order valence-electron chi connectivity index (χ4n) is 0.999. The Labute approximate surface area is 99.4 Å². The van der Waals surface area contributed by atoms with Crippen LogP contribution >= 0.6 is 0 Å². The number of hydrogen-bond donors (Lipinski definition) is 2. The number of amides is 1. The molecule has 0 aliphatic carbocycles. The minimum atomic E-state index is -0.425. The Balaban J connectivity index is 2.69. The molecule has 0 aliphatic heterocycles. The van der Waals surface area contributed by atoms with E-state index in [-0.39, 0.29) is 11.6 Å². The molecule has 0 saturated carbocycles. The maximum atomic E-state index is 11.5. The number of carbonyl (C=O) groups excluding carboxylic acids is 1. The van der Waals surface area contributed by atoms with E-state index in [0.717, 1.165) is 0 Å². The van der Waals surface area contributed by atoms with E-state index in [4.69, 9.17) is 5.26 Å². The van der Waals surface area contributed by atoms with Crippen molar-refractivity contribution in [2.24, 2.45) is 0 Å². The Bertz CT molecular complexity index is 447. The lowest BCUT2D eigenvalue weighted by Gasteiger charge is -2.06. The highest BCUT2D eigenvalue weighted by Crippen LogP contribution is 1.98. The second-order valence-corrected chi connectivity index (χ2v) is 3.51. The lowest BCUT2D eigenvalue weighted by Crippen LogP contribution is -2.31. The molecule has 1 aromatic rings. The van der Waals surface area contributed by atoms with Crippen molar-refractivity contribution in [2.75, 3.05) is 5.32 Å². The van der Waals surface area contributed by atoms with Gasteiger partial charge in [0.15, 0.2) is 0 Å². The van der Waals surface area contributed by atoms with Gasteiger partial charge in [-0.1, -0.05) is 0 Å². The number of nitrogens with zero attached hydrogens (tertiary/aromatic N) is 3. The molecule has 0 radical (unpaired) electrons. The fraction of sp³-hybridized carbons (Fsp3) is 0.273. The highest BCUT2D eigenvalue weighted by atomic mass is 16.1. The first kappa shape index (κ1) is 12.6. The normalized spacial score (nSPS) is 10.8. The van der Waals surface area contributed by atoms with Gasteiger partial charge in [-0.05, 0) is 19.9 Å². The molecule has 88 valence electrons. The van der Waals surface area contributed by atoms with Crippen molar-refractivity contribution in [3.63, 3.8) is 0 Å². The van der Waals surface area contributed by atoms with Crippen molar-refractivity contribution in [3.05, 3.63) is 30.2 Å². The van der Waals surface area contributed by atoms with Crippen LogP contribution in [0.5, 0.6) is 0 Å². The number of rotatable bonds is 4. The molecule has 1 amide bonds. The van der Waals surface area contributed by atoms with Crippen LogP contribution < -0.4 is 10.6 Å². The standard InChI is InChI=1S/C11H13N5O/c1-8(2)16-10(17)9(6-12)7-15-11-13-4-3-5-14-11/h3-5,7-8H,1-2H3,(H,16,17)(H,13,14,15)/b9-7-. The van der Waals surface area contributed by atoms with Gasteiger partial charge in [-0.2, -0.15) is 5.26 Å². The van der Waals surface area contributed by atoms with Crippen LogP contribution in [0.2, 0.25) is 0 Å². The molecule has 6 heteroatoms. The summed E-state index contributed by atoms with van der Waals surface area (Å²) in [5.41, 5.74) is -0.0221. The van der Waals surface area contributed by atoms with Gasteiger partial charge in [0.1, 0.15) is 11.6 Å². The Morgan fingerprint density at radius 3 is 2.65 bits per heavy atom. The molecule has 0 unspecified atom stereocenters. The fourth-order valence-corrected chi connectivity index (χ4v) is 0.999. The van der Waals surface area contributed by atoms with Crippen molar-refractivity contribution in [2.45, 2.75) is 19.9 Å². The Kier molecular flexibility index (Phi) is 4.63. The maximum Gasteiger partial charge on any atom is 0.263 e. The van der Waals surface area contributed by atoms with E-state index >= 15 is 0 Å². The molecule has 2 N–H and O–H groups in total. The third kappa shape index (κ3) is 4.30. The van der Waals surface area contributed by atoms with Gasteiger partial charge in [-0.15, -0.1) is 0 Å². The number of nitrogens with one attached hydrogen (secondary N) is 2. The smallest absolute Gasteiger partial charge is 0.263 e. The zero-order valence-corrected chi connectivity index (χ0v) is 9.64. The average molecular weight is 231 g/mol. The highest BCUT2D eigenvalue weighted by molar-refractivity contribution is 5.97. The van der Waals surface area contributed by atoms with Crippen LogP contribution in [0.4, 0.5) is 5.95 Å². The minimum absolute atomic E-state index is 0.0211. The summed E-state index contributed by atoms with van der Waals surface area (Å²) in [6.45, 7) is 3.64. The monoisotopic (exact) mass is 231 g/mol. The number of hydrogen-bond acceptors (Lipinski definition) is 5. The van der Waals surface area contributed by atoms with Gasteiger partial charge in [0.2, 0.25) is 5.95 Å². The van der Waals surface area contributed by atoms with E-state index in [1.807, 2.05) is 19.9 Å². The molecule has 6 nitrogen and oxygen atoms in total. The molecule has 0 aromatic carbocycles. The van der Waals surface area contributed by atoms with Crippen molar-refractivity contribution >= 4 is 11.9 Å². The molecule has 0 fully saturated rings. The number of anilines is 1. The quantitative estimate of drug-likeness (QED) is 0.591. The van der Waals surface area contributed by atoms with Crippen molar-refractivity contribution in [1.82, 2.24) is 15.3 Å². The van der Waals surface area contributed by atoms with Crippen molar-refractivity contribution < 1.29 is 4.79 Å². The van der Waals surface area contributed by atoms with Crippen molar-refractivity contribution in [1.29, 1.82) is 5.26 Å². The molecule has 0 saturated heterocycles. The van der Waals surface area contributed by atoms with Crippen LogP contribution in [0.3, 0.4) is 0 Å². The third-order valence-electron chi connectivity index (χ3n) is 1.70. The summed E-state index contributed by atoms with van der Waals surface area (Å²) in [5.74, 6) is -0.0940.